The van der Waals surface area contributed by atoms with Crippen LogP contribution in [0.4, 0.5) is 20.3 Å². The van der Waals surface area contributed by atoms with Gasteiger partial charge in [0.05, 0.1) is 24.2 Å². The van der Waals surface area contributed by atoms with Crippen LogP contribution in [0.1, 0.15) is 22.7 Å². The van der Waals surface area contributed by atoms with Gasteiger partial charge in [0.2, 0.25) is 0 Å². The molecule has 4 N–H and O–H groups in total. The number of carboxylic acid groups (broad SMARTS) is 1. The van der Waals surface area contributed by atoms with E-state index in [-0.39, 0.29) is 29.8 Å². The second kappa shape index (κ2) is 10.9. The average Bonchev–Trinajstić information content (AvgIpc) is 2.83. The molecule has 1 aromatic heterocycles. The summed E-state index contributed by atoms with van der Waals surface area (Å²) in [5, 5.41) is 19.7. The number of nitrogens with one attached hydrogen (secondary N) is 3. The van der Waals surface area contributed by atoms with Gasteiger partial charge in [-0.15, -0.1) is 0 Å². The second-order valence-corrected chi connectivity index (χ2v) is 8.01. The minimum absolute atomic E-state index is 0.0243. The van der Waals surface area contributed by atoms with E-state index in [2.05, 4.69) is 37.8 Å². The molecule has 0 unspecified atom stereocenters. The number of anilines is 2. The normalized spacial score (nSPS) is 15.7. The van der Waals surface area contributed by atoms with Gasteiger partial charge in [0.15, 0.2) is 0 Å². The number of hydrogen-bond acceptors (Lipinski definition) is 6. The predicted molar refractivity (Wildman–Crippen MR) is 125 cm³/mol. The Hall–Kier alpha value is -3.72. The Balaban J connectivity index is 1.47. The molecule has 4 rings (SSSR count). The molecule has 3 aromatic rings. The minimum atomic E-state index is -3.01. The molecule has 0 radical (unpaired) electrons. The number of carboxylic acids is 1. The van der Waals surface area contributed by atoms with E-state index in [1.807, 2.05) is 30.3 Å². The predicted octanol–water partition coefficient (Wildman–Crippen LogP) is 4.09. The van der Waals surface area contributed by atoms with E-state index in [1.54, 1.807) is 18.3 Å². The molecule has 0 saturated carbocycles. The molecule has 34 heavy (non-hydrogen) atoms. The summed E-state index contributed by atoms with van der Waals surface area (Å²) in [5.74, 6) is -0.419. The van der Waals surface area contributed by atoms with Gasteiger partial charge in [-0.1, -0.05) is 42.5 Å². The molecule has 2 aromatic carbocycles. The molecule has 0 aliphatic carbocycles. The van der Waals surface area contributed by atoms with Gasteiger partial charge in [-0.25, -0.2) is 4.98 Å². The van der Waals surface area contributed by atoms with Crippen molar-refractivity contribution in [2.45, 2.75) is 31.5 Å². The maximum absolute atomic E-state index is 12.7. The Kier molecular flexibility index (Phi) is 7.54. The number of benzene rings is 2. The number of halogens is 2. The first-order valence-electron chi connectivity index (χ1n) is 11.0. The topological polar surface area (TPSA) is 95.5 Å². The van der Waals surface area contributed by atoms with Crippen molar-refractivity contribution >= 4 is 17.5 Å². The Morgan fingerprint density at radius 1 is 1.18 bits per heavy atom. The van der Waals surface area contributed by atoms with Crippen molar-refractivity contribution in [1.29, 1.82) is 0 Å². The molecule has 0 saturated heterocycles. The summed E-state index contributed by atoms with van der Waals surface area (Å²) in [4.78, 5) is 15.6. The molecule has 0 amide bonds. The molecular weight excluding hydrogens is 442 g/mol. The van der Waals surface area contributed by atoms with Crippen LogP contribution >= 0.6 is 0 Å². The lowest BCUT2D eigenvalue weighted by Gasteiger charge is -2.34. The van der Waals surface area contributed by atoms with Crippen molar-refractivity contribution in [3.8, 4) is 5.75 Å². The monoisotopic (exact) mass is 468 g/mol. The van der Waals surface area contributed by atoms with Crippen LogP contribution < -0.4 is 20.7 Å². The maximum atomic E-state index is 12.7. The zero-order valence-corrected chi connectivity index (χ0v) is 18.4. The molecule has 0 bridgehead atoms. The number of rotatable bonds is 10. The van der Waals surface area contributed by atoms with Crippen molar-refractivity contribution in [3.05, 3.63) is 83.6 Å². The highest BCUT2D eigenvalue weighted by molar-refractivity contribution is 5.71. The summed E-state index contributed by atoms with van der Waals surface area (Å²) in [6.45, 7) is -1.72. The SMILES string of the molecule is O=C(O)Cc1cc(CCN[C@H](c2ccccc2)[C@H]2CNc3cccnc3N2)ccc1OC(F)F. The van der Waals surface area contributed by atoms with Gasteiger partial charge in [-0.05, 0) is 42.3 Å². The number of alkyl halides is 2. The van der Waals surface area contributed by atoms with Crippen molar-refractivity contribution < 1.29 is 23.4 Å². The van der Waals surface area contributed by atoms with Gasteiger partial charge in [0, 0.05) is 18.3 Å². The lowest BCUT2D eigenvalue weighted by Crippen LogP contribution is -2.44. The van der Waals surface area contributed by atoms with Gasteiger partial charge in [-0.3, -0.25) is 4.79 Å². The van der Waals surface area contributed by atoms with Gasteiger partial charge in [-0.2, -0.15) is 8.78 Å². The second-order valence-electron chi connectivity index (χ2n) is 8.01. The van der Waals surface area contributed by atoms with Crippen molar-refractivity contribution in [1.82, 2.24) is 10.3 Å². The summed E-state index contributed by atoms with van der Waals surface area (Å²) >= 11 is 0. The Morgan fingerprint density at radius 2 is 2.00 bits per heavy atom. The van der Waals surface area contributed by atoms with Gasteiger partial charge >= 0.3 is 12.6 Å². The third-order valence-electron chi connectivity index (χ3n) is 5.66. The average molecular weight is 469 g/mol. The van der Waals surface area contributed by atoms with Crippen molar-refractivity contribution in [2.75, 3.05) is 23.7 Å². The van der Waals surface area contributed by atoms with Gasteiger partial charge < -0.3 is 25.8 Å². The van der Waals surface area contributed by atoms with Crippen LogP contribution in [0.2, 0.25) is 0 Å². The van der Waals surface area contributed by atoms with E-state index in [0.29, 0.717) is 19.5 Å². The van der Waals surface area contributed by atoms with Crippen LogP contribution in [0, 0.1) is 0 Å². The van der Waals surface area contributed by atoms with E-state index < -0.39 is 12.6 Å². The summed E-state index contributed by atoms with van der Waals surface area (Å²) in [6, 6.07) is 18.7. The summed E-state index contributed by atoms with van der Waals surface area (Å²) < 4.78 is 29.8. The Bertz CT molecular complexity index is 1110. The summed E-state index contributed by atoms with van der Waals surface area (Å²) in [7, 11) is 0. The molecule has 0 spiro atoms. The molecule has 2 atom stereocenters. The van der Waals surface area contributed by atoms with Crippen LogP contribution in [0.3, 0.4) is 0 Å². The third-order valence-corrected chi connectivity index (χ3v) is 5.66. The number of nitrogens with zero attached hydrogens (tertiary/aromatic N) is 1. The summed E-state index contributed by atoms with van der Waals surface area (Å²) in [6.07, 6.45) is 1.94. The van der Waals surface area contributed by atoms with E-state index in [1.165, 1.54) is 6.07 Å². The first-order chi connectivity index (χ1) is 16.5. The standard InChI is InChI=1S/C25H26F2N4O3/c26-25(27)34-21-9-8-16(13-18(21)14-22(32)33)10-12-28-23(17-5-2-1-3-6-17)20-15-30-19-7-4-11-29-24(19)31-20/h1-9,11,13,20,23,25,28,30H,10,12,14-15H2,(H,29,31)(H,32,33)/t20-,23-/m1/s1. The highest BCUT2D eigenvalue weighted by Crippen LogP contribution is 2.28. The fourth-order valence-corrected chi connectivity index (χ4v) is 4.14. The van der Waals surface area contributed by atoms with Crippen LogP contribution in [0.15, 0.2) is 66.9 Å². The molecule has 0 fully saturated rings. The number of hydrogen-bond donors (Lipinski definition) is 4. The molecule has 1 aliphatic rings. The molecular formula is C25H26F2N4O3. The van der Waals surface area contributed by atoms with Gasteiger partial charge in [0.1, 0.15) is 11.6 Å². The smallest absolute Gasteiger partial charge is 0.387 e. The number of carbonyl (C=O) groups is 1. The molecule has 2 heterocycles. The van der Waals surface area contributed by atoms with E-state index in [4.69, 9.17) is 5.11 Å². The van der Waals surface area contributed by atoms with Crippen LogP contribution in [0.25, 0.3) is 0 Å². The number of aliphatic carboxylic acids is 1. The highest BCUT2D eigenvalue weighted by Gasteiger charge is 2.27. The van der Waals surface area contributed by atoms with E-state index >= 15 is 0 Å². The zero-order valence-electron chi connectivity index (χ0n) is 18.4. The van der Waals surface area contributed by atoms with Crippen molar-refractivity contribution in [2.24, 2.45) is 0 Å². The molecule has 178 valence electrons. The Labute approximate surface area is 196 Å². The molecule has 1 aliphatic heterocycles. The highest BCUT2D eigenvalue weighted by atomic mass is 19.3. The lowest BCUT2D eigenvalue weighted by atomic mass is 9.97. The first kappa shape index (κ1) is 23.4. The largest absolute Gasteiger partial charge is 0.481 e. The van der Waals surface area contributed by atoms with Crippen LogP contribution in [-0.2, 0) is 17.6 Å². The number of aromatic nitrogens is 1. The fraction of sp³-hybridized carbons (Fsp3) is 0.280. The summed E-state index contributed by atoms with van der Waals surface area (Å²) in [5.41, 5.74) is 3.14. The van der Waals surface area contributed by atoms with Crippen LogP contribution in [0.5, 0.6) is 5.75 Å². The van der Waals surface area contributed by atoms with Gasteiger partial charge in [0.25, 0.3) is 0 Å². The first-order valence-corrected chi connectivity index (χ1v) is 11.0. The fourth-order valence-electron chi connectivity index (χ4n) is 4.14. The number of pyridine rings is 1. The lowest BCUT2D eigenvalue weighted by molar-refractivity contribution is -0.136. The molecule has 9 heteroatoms. The van der Waals surface area contributed by atoms with Crippen molar-refractivity contribution in [3.63, 3.8) is 0 Å². The zero-order chi connectivity index (χ0) is 23.9. The van der Waals surface area contributed by atoms with Crippen LogP contribution in [-0.4, -0.2) is 41.8 Å². The number of fused-ring (bicyclic) bond motifs is 1. The number of ether oxygens (including phenoxy) is 1. The third kappa shape index (κ3) is 5.99. The van der Waals surface area contributed by atoms with E-state index in [0.717, 1.165) is 22.6 Å². The molecule has 7 nitrogen and oxygen atoms in total. The maximum Gasteiger partial charge on any atom is 0.387 e. The Morgan fingerprint density at radius 3 is 2.76 bits per heavy atom. The minimum Gasteiger partial charge on any atom is -0.481 e. The quantitative estimate of drug-likeness (QED) is 0.356. The van der Waals surface area contributed by atoms with E-state index in [9.17, 15) is 13.6 Å².